The largest absolute Gasteiger partial charge is 0.493 e. The Morgan fingerprint density at radius 2 is 1.67 bits per heavy atom. The van der Waals surface area contributed by atoms with E-state index < -0.39 is 0 Å². The minimum absolute atomic E-state index is 0.00551. The fourth-order valence-electron chi connectivity index (χ4n) is 3.68. The molecule has 1 saturated carbocycles. The average molecular weight is 332 g/mol. The number of methoxy groups -OCH3 is 2. The van der Waals surface area contributed by atoms with E-state index >= 15 is 0 Å². The normalized spacial score (nSPS) is 15.6. The molecule has 130 valence electrons. The maximum atomic E-state index is 13.0. The maximum absolute atomic E-state index is 13.0. The van der Waals surface area contributed by atoms with Gasteiger partial charge in [-0.2, -0.15) is 0 Å². The molecular weight excluding hydrogens is 308 g/mol. The van der Waals surface area contributed by atoms with Crippen LogP contribution in [0.25, 0.3) is 10.9 Å². The second-order valence-corrected chi connectivity index (χ2v) is 6.22. The van der Waals surface area contributed by atoms with Gasteiger partial charge in [0.1, 0.15) is 0 Å². The Bertz CT molecular complexity index is 860. The van der Waals surface area contributed by atoms with Crippen LogP contribution in [0.5, 0.6) is 11.5 Å². The zero-order valence-electron chi connectivity index (χ0n) is 14.5. The molecule has 0 saturated heterocycles. The number of rotatable bonds is 4. The van der Waals surface area contributed by atoms with E-state index in [0.29, 0.717) is 28.9 Å². The molecule has 0 bridgehead atoms. The second kappa shape index (κ2) is 6.71. The van der Waals surface area contributed by atoms with Crippen LogP contribution in [-0.4, -0.2) is 23.4 Å². The molecule has 0 N–H and O–H groups in total. The van der Waals surface area contributed by atoms with Gasteiger partial charge in [-0.05, 0) is 25.8 Å². The first-order valence-electron chi connectivity index (χ1n) is 8.53. The monoisotopic (exact) mass is 332 g/mol. The highest BCUT2D eigenvalue weighted by atomic mass is 16.5. The van der Waals surface area contributed by atoms with Crippen molar-refractivity contribution in [2.45, 2.75) is 51.6 Å². The minimum Gasteiger partial charge on any atom is -0.493 e. The summed E-state index contributed by atoms with van der Waals surface area (Å²) in [5, 5.41) is 0.500. The summed E-state index contributed by atoms with van der Waals surface area (Å²) >= 11 is 0. The van der Waals surface area contributed by atoms with Gasteiger partial charge in [0.15, 0.2) is 11.5 Å². The molecule has 0 unspecified atom stereocenters. The van der Waals surface area contributed by atoms with E-state index in [1.54, 1.807) is 30.9 Å². The molecule has 1 fully saturated rings. The molecule has 3 rings (SSSR count). The fraction of sp³-hybridized carbons (Fsp3) is 0.556. The van der Waals surface area contributed by atoms with Gasteiger partial charge >= 0.3 is 5.69 Å². The smallest absolute Gasteiger partial charge is 0.331 e. The highest BCUT2D eigenvalue weighted by Crippen LogP contribution is 2.31. The summed E-state index contributed by atoms with van der Waals surface area (Å²) in [6.45, 7) is 2.41. The van der Waals surface area contributed by atoms with Crippen molar-refractivity contribution in [2.24, 2.45) is 0 Å². The van der Waals surface area contributed by atoms with Crippen LogP contribution < -0.4 is 20.7 Å². The predicted octanol–water partition coefficient (Wildman–Crippen LogP) is 2.71. The summed E-state index contributed by atoms with van der Waals surface area (Å²) in [6, 6.07) is 3.39. The molecule has 0 aliphatic heterocycles. The standard InChI is InChI=1S/C18H24N2O4/c1-4-19-14-11-16(24-3)15(23-2)10-13(14)17(21)20(18(19)22)12-8-6-5-7-9-12/h10-12H,4-9H2,1-3H3. The van der Waals surface area contributed by atoms with Crippen molar-refractivity contribution in [3.63, 3.8) is 0 Å². The van der Waals surface area contributed by atoms with Crippen LogP contribution in [0.4, 0.5) is 0 Å². The van der Waals surface area contributed by atoms with Gasteiger partial charge < -0.3 is 9.47 Å². The molecule has 0 radical (unpaired) electrons. The number of aromatic nitrogens is 2. The van der Waals surface area contributed by atoms with Gasteiger partial charge in [-0.15, -0.1) is 0 Å². The zero-order valence-corrected chi connectivity index (χ0v) is 14.5. The lowest BCUT2D eigenvalue weighted by Crippen LogP contribution is -2.42. The first-order chi connectivity index (χ1) is 11.6. The van der Waals surface area contributed by atoms with Gasteiger partial charge in [0, 0.05) is 18.7 Å². The number of aryl methyl sites for hydroxylation is 1. The third-order valence-corrected chi connectivity index (χ3v) is 4.93. The fourth-order valence-corrected chi connectivity index (χ4v) is 3.68. The summed E-state index contributed by atoms with van der Waals surface area (Å²) in [5.74, 6) is 1.01. The summed E-state index contributed by atoms with van der Waals surface area (Å²) < 4.78 is 13.8. The predicted molar refractivity (Wildman–Crippen MR) is 93.4 cm³/mol. The molecule has 0 amide bonds. The Morgan fingerprint density at radius 3 is 2.25 bits per heavy atom. The van der Waals surface area contributed by atoms with Crippen LogP contribution in [0.15, 0.2) is 21.7 Å². The Kier molecular flexibility index (Phi) is 4.64. The van der Waals surface area contributed by atoms with Crippen molar-refractivity contribution in [1.82, 2.24) is 9.13 Å². The lowest BCUT2D eigenvalue weighted by atomic mass is 9.95. The topological polar surface area (TPSA) is 62.5 Å². The van der Waals surface area contributed by atoms with Crippen LogP contribution in [-0.2, 0) is 6.54 Å². The minimum atomic E-state index is -0.229. The van der Waals surface area contributed by atoms with E-state index in [4.69, 9.17) is 9.47 Å². The van der Waals surface area contributed by atoms with E-state index in [-0.39, 0.29) is 17.3 Å². The van der Waals surface area contributed by atoms with Gasteiger partial charge in [0.25, 0.3) is 5.56 Å². The van der Waals surface area contributed by atoms with E-state index in [1.165, 1.54) is 11.0 Å². The third-order valence-electron chi connectivity index (χ3n) is 4.93. The van der Waals surface area contributed by atoms with E-state index in [2.05, 4.69) is 0 Å². The van der Waals surface area contributed by atoms with Crippen LogP contribution in [0.1, 0.15) is 45.1 Å². The van der Waals surface area contributed by atoms with Gasteiger partial charge in [0.2, 0.25) is 0 Å². The Labute approximate surface area is 140 Å². The number of ether oxygens (including phenoxy) is 2. The number of nitrogens with zero attached hydrogens (tertiary/aromatic N) is 2. The Hall–Kier alpha value is -2.24. The van der Waals surface area contributed by atoms with Crippen molar-refractivity contribution in [3.05, 3.63) is 33.0 Å². The summed E-state index contributed by atoms with van der Waals surface area (Å²) in [5.41, 5.74) is 0.138. The summed E-state index contributed by atoms with van der Waals surface area (Å²) in [4.78, 5) is 26.0. The van der Waals surface area contributed by atoms with Crippen molar-refractivity contribution in [2.75, 3.05) is 14.2 Å². The van der Waals surface area contributed by atoms with Gasteiger partial charge in [0.05, 0.1) is 25.1 Å². The van der Waals surface area contributed by atoms with E-state index in [1.807, 2.05) is 6.92 Å². The molecule has 2 aromatic rings. The zero-order chi connectivity index (χ0) is 17.3. The number of benzene rings is 1. The highest BCUT2D eigenvalue weighted by molar-refractivity contribution is 5.82. The van der Waals surface area contributed by atoms with Crippen molar-refractivity contribution in [3.8, 4) is 11.5 Å². The van der Waals surface area contributed by atoms with Crippen LogP contribution in [0.3, 0.4) is 0 Å². The van der Waals surface area contributed by atoms with Crippen LogP contribution in [0, 0.1) is 0 Å². The molecule has 1 heterocycles. The van der Waals surface area contributed by atoms with Crippen molar-refractivity contribution in [1.29, 1.82) is 0 Å². The molecule has 0 spiro atoms. The first-order valence-corrected chi connectivity index (χ1v) is 8.53. The van der Waals surface area contributed by atoms with Crippen molar-refractivity contribution >= 4 is 10.9 Å². The maximum Gasteiger partial charge on any atom is 0.331 e. The molecular formula is C18H24N2O4. The van der Waals surface area contributed by atoms with E-state index in [0.717, 1.165) is 25.7 Å². The molecule has 0 atom stereocenters. The van der Waals surface area contributed by atoms with Crippen LogP contribution >= 0.6 is 0 Å². The Morgan fingerprint density at radius 1 is 1.04 bits per heavy atom. The SMILES string of the molecule is CCn1c(=O)n(C2CCCCC2)c(=O)c2cc(OC)c(OC)cc21. The average Bonchev–Trinajstić information content (AvgIpc) is 2.62. The lowest BCUT2D eigenvalue weighted by Gasteiger charge is -2.24. The number of hydrogen-bond donors (Lipinski definition) is 0. The molecule has 24 heavy (non-hydrogen) atoms. The van der Waals surface area contributed by atoms with Gasteiger partial charge in [-0.3, -0.25) is 13.9 Å². The lowest BCUT2D eigenvalue weighted by molar-refractivity contribution is 0.332. The molecule has 1 aliphatic rings. The molecule has 1 aliphatic carbocycles. The molecule has 1 aromatic heterocycles. The number of fused-ring (bicyclic) bond motifs is 1. The second-order valence-electron chi connectivity index (χ2n) is 6.22. The first kappa shape index (κ1) is 16.6. The number of hydrogen-bond acceptors (Lipinski definition) is 4. The van der Waals surface area contributed by atoms with Gasteiger partial charge in [-0.1, -0.05) is 19.3 Å². The quantitative estimate of drug-likeness (QED) is 0.863. The highest BCUT2D eigenvalue weighted by Gasteiger charge is 2.23. The summed E-state index contributed by atoms with van der Waals surface area (Å²) in [7, 11) is 3.08. The molecule has 6 nitrogen and oxygen atoms in total. The van der Waals surface area contributed by atoms with Crippen LogP contribution in [0.2, 0.25) is 0 Å². The Balaban J connectivity index is 2.34. The van der Waals surface area contributed by atoms with Crippen molar-refractivity contribution < 1.29 is 9.47 Å². The molecule has 6 heteroatoms. The molecule has 1 aromatic carbocycles. The van der Waals surface area contributed by atoms with E-state index in [9.17, 15) is 9.59 Å². The van der Waals surface area contributed by atoms with Gasteiger partial charge in [-0.25, -0.2) is 4.79 Å². The summed E-state index contributed by atoms with van der Waals surface area (Å²) in [6.07, 6.45) is 5.07. The third kappa shape index (κ3) is 2.60.